The zero-order valence-corrected chi connectivity index (χ0v) is 5.84. The van der Waals surface area contributed by atoms with E-state index in [-0.39, 0.29) is 0 Å². The number of hydrogen-bond donors (Lipinski definition) is 0. The molecule has 1 heterocycles. The molecule has 1 nitrogen and oxygen atoms in total. The zero-order valence-electron chi connectivity index (χ0n) is 5.84. The first-order valence-corrected chi connectivity index (χ1v) is 3.60. The fourth-order valence-electron chi connectivity index (χ4n) is 1.12. The van der Waals surface area contributed by atoms with Crippen LogP contribution in [-0.2, 0) is 0 Å². The fourth-order valence-corrected chi connectivity index (χ4v) is 1.12. The van der Waals surface area contributed by atoms with Crippen LogP contribution < -0.4 is 0 Å². The van der Waals surface area contributed by atoms with Gasteiger partial charge in [-0.3, -0.25) is 4.90 Å². The Morgan fingerprint density at radius 3 is 2.89 bits per heavy atom. The van der Waals surface area contributed by atoms with Crippen LogP contribution in [0.4, 0.5) is 0 Å². The molecular formula is C8H14N. The van der Waals surface area contributed by atoms with Crippen LogP contribution in [-0.4, -0.2) is 24.5 Å². The van der Waals surface area contributed by atoms with Crippen molar-refractivity contribution in [2.75, 3.05) is 19.6 Å². The van der Waals surface area contributed by atoms with Crippen molar-refractivity contribution in [2.24, 2.45) is 0 Å². The van der Waals surface area contributed by atoms with E-state index in [0.717, 1.165) is 19.5 Å². The lowest BCUT2D eigenvalue weighted by Crippen LogP contribution is -2.27. The second-order valence-electron chi connectivity index (χ2n) is 2.41. The van der Waals surface area contributed by atoms with Crippen LogP contribution >= 0.6 is 0 Å². The van der Waals surface area contributed by atoms with E-state index in [1.54, 1.807) is 0 Å². The molecule has 0 aromatic carbocycles. The summed E-state index contributed by atoms with van der Waals surface area (Å²) in [7, 11) is 0. The van der Waals surface area contributed by atoms with E-state index in [1.807, 2.05) is 0 Å². The lowest BCUT2D eigenvalue weighted by molar-refractivity contribution is 0.304. The molecule has 1 rings (SSSR count). The highest BCUT2D eigenvalue weighted by Gasteiger charge is 2.02. The summed E-state index contributed by atoms with van der Waals surface area (Å²) < 4.78 is 0. The predicted molar refractivity (Wildman–Crippen MR) is 40.2 cm³/mol. The van der Waals surface area contributed by atoms with Crippen LogP contribution in [0.15, 0.2) is 12.2 Å². The van der Waals surface area contributed by atoms with Gasteiger partial charge in [0.15, 0.2) is 0 Å². The van der Waals surface area contributed by atoms with Gasteiger partial charge < -0.3 is 0 Å². The first kappa shape index (κ1) is 6.81. The fraction of sp³-hybridized carbons (Fsp3) is 0.625. The van der Waals surface area contributed by atoms with Crippen LogP contribution in [0.5, 0.6) is 0 Å². The normalized spacial score (nSPS) is 20.6. The molecule has 0 amide bonds. The van der Waals surface area contributed by atoms with Gasteiger partial charge in [0.05, 0.1) is 0 Å². The van der Waals surface area contributed by atoms with Crippen molar-refractivity contribution in [1.82, 2.24) is 4.90 Å². The van der Waals surface area contributed by atoms with E-state index in [1.165, 1.54) is 13.0 Å². The maximum Gasteiger partial charge on any atom is 0.0163 e. The van der Waals surface area contributed by atoms with Gasteiger partial charge in [-0.25, -0.2) is 0 Å². The average Bonchev–Trinajstić information content (AvgIpc) is 1.91. The van der Waals surface area contributed by atoms with Gasteiger partial charge in [-0.1, -0.05) is 19.1 Å². The largest absolute Gasteiger partial charge is 0.299 e. The molecule has 0 N–H and O–H groups in total. The summed E-state index contributed by atoms with van der Waals surface area (Å²) in [6, 6.07) is 0. The SMILES string of the molecule is [CH2]CCN1CC=CCC1. The van der Waals surface area contributed by atoms with E-state index in [4.69, 9.17) is 0 Å². The Morgan fingerprint density at radius 1 is 1.44 bits per heavy atom. The molecule has 0 saturated carbocycles. The van der Waals surface area contributed by atoms with Gasteiger partial charge in [0.1, 0.15) is 0 Å². The molecule has 0 aromatic rings. The molecule has 0 fully saturated rings. The number of rotatable bonds is 2. The monoisotopic (exact) mass is 124 g/mol. The summed E-state index contributed by atoms with van der Waals surface area (Å²) in [5.74, 6) is 0. The van der Waals surface area contributed by atoms with Crippen molar-refractivity contribution in [3.63, 3.8) is 0 Å². The summed E-state index contributed by atoms with van der Waals surface area (Å²) in [4.78, 5) is 2.42. The molecule has 0 aliphatic carbocycles. The van der Waals surface area contributed by atoms with Gasteiger partial charge in [0, 0.05) is 13.1 Å². The Balaban J connectivity index is 2.18. The van der Waals surface area contributed by atoms with E-state index in [0.29, 0.717) is 0 Å². The highest BCUT2D eigenvalue weighted by molar-refractivity contribution is 4.90. The van der Waals surface area contributed by atoms with E-state index in [9.17, 15) is 0 Å². The van der Waals surface area contributed by atoms with E-state index >= 15 is 0 Å². The summed E-state index contributed by atoms with van der Waals surface area (Å²) in [6.45, 7) is 7.33. The van der Waals surface area contributed by atoms with Gasteiger partial charge in [-0.15, -0.1) is 0 Å². The van der Waals surface area contributed by atoms with Crippen molar-refractivity contribution < 1.29 is 0 Å². The van der Waals surface area contributed by atoms with E-state index in [2.05, 4.69) is 24.0 Å². The Labute approximate surface area is 57.4 Å². The molecule has 0 saturated heterocycles. The Kier molecular flexibility index (Phi) is 2.78. The number of nitrogens with zero attached hydrogens (tertiary/aromatic N) is 1. The van der Waals surface area contributed by atoms with Crippen molar-refractivity contribution in [3.05, 3.63) is 19.1 Å². The van der Waals surface area contributed by atoms with Gasteiger partial charge >= 0.3 is 0 Å². The van der Waals surface area contributed by atoms with Gasteiger partial charge in [-0.2, -0.15) is 0 Å². The molecule has 1 heteroatoms. The topological polar surface area (TPSA) is 3.24 Å². The molecular weight excluding hydrogens is 110 g/mol. The third kappa shape index (κ3) is 2.19. The minimum atomic E-state index is 1.04. The molecule has 1 aliphatic heterocycles. The maximum absolute atomic E-state index is 3.81. The minimum Gasteiger partial charge on any atom is -0.299 e. The van der Waals surface area contributed by atoms with Crippen molar-refractivity contribution in [3.8, 4) is 0 Å². The third-order valence-electron chi connectivity index (χ3n) is 1.62. The van der Waals surface area contributed by atoms with Crippen LogP contribution in [0.3, 0.4) is 0 Å². The van der Waals surface area contributed by atoms with Gasteiger partial charge in [0.2, 0.25) is 0 Å². The lowest BCUT2D eigenvalue weighted by Gasteiger charge is -2.21. The molecule has 1 aliphatic rings. The summed E-state index contributed by atoms with van der Waals surface area (Å²) in [6.07, 6.45) is 6.74. The summed E-state index contributed by atoms with van der Waals surface area (Å²) in [5.41, 5.74) is 0. The lowest BCUT2D eigenvalue weighted by atomic mass is 10.2. The minimum absolute atomic E-state index is 1.04. The molecule has 0 unspecified atom stereocenters. The quantitative estimate of drug-likeness (QED) is 0.504. The first-order chi connectivity index (χ1) is 4.43. The van der Waals surface area contributed by atoms with Crippen LogP contribution in [0.1, 0.15) is 12.8 Å². The highest BCUT2D eigenvalue weighted by atomic mass is 15.1. The van der Waals surface area contributed by atoms with Crippen molar-refractivity contribution in [2.45, 2.75) is 12.8 Å². The van der Waals surface area contributed by atoms with Crippen molar-refractivity contribution in [1.29, 1.82) is 0 Å². The summed E-state index contributed by atoms with van der Waals surface area (Å²) in [5, 5.41) is 0. The third-order valence-corrected chi connectivity index (χ3v) is 1.62. The second kappa shape index (κ2) is 3.67. The van der Waals surface area contributed by atoms with Crippen LogP contribution in [0.25, 0.3) is 0 Å². The molecule has 0 aromatic heterocycles. The standard InChI is InChI=1S/C8H14N/c1-2-6-9-7-4-3-5-8-9/h3-4H,1-2,5-8H2. The van der Waals surface area contributed by atoms with Crippen LogP contribution in [0.2, 0.25) is 0 Å². The predicted octanol–water partition coefficient (Wildman–Crippen LogP) is 1.47. The Hall–Kier alpha value is -0.300. The van der Waals surface area contributed by atoms with Gasteiger partial charge in [0.25, 0.3) is 0 Å². The molecule has 0 spiro atoms. The number of hydrogen-bond acceptors (Lipinski definition) is 1. The molecule has 0 bridgehead atoms. The average molecular weight is 124 g/mol. The Morgan fingerprint density at radius 2 is 2.33 bits per heavy atom. The maximum atomic E-state index is 3.81. The second-order valence-corrected chi connectivity index (χ2v) is 2.41. The zero-order chi connectivity index (χ0) is 6.53. The smallest absolute Gasteiger partial charge is 0.0163 e. The molecule has 0 atom stereocenters. The Bertz CT molecular complexity index is 96.7. The molecule has 51 valence electrons. The van der Waals surface area contributed by atoms with Crippen LogP contribution in [0, 0.1) is 6.92 Å². The highest BCUT2D eigenvalue weighted by Crippen LogP contribution is 2.00. The molecule has 9 heavy (non-hydrogen) atoms. The van der Waals surface area contributed by atoms with Gasteiger partial charge in [-0.05, 0) is 19.4 Å². The summed E-state index contributed by atoms with van der Waals surface area (Å²) >= 11 is 0. The molecule has 1 radical (unpaired) electrons. The first-order valence-electron chi connectivity index (χ1n) is 3.60. The van der Waals surface area contributed by atoms with Crippen molar-refractivity contribution >= 4 is 0 Å². The van der Waals surface area contributed by atoms with E-state index < -0.39 is 0 Å².